The maximum atomic E-state index is 12.7. The smallest absolute Gasteiger partial charge is 0.322 e. The zero-order valence-electron chi connectivity index (χ0n) is 18.2. The molecular formula is C24H26N4O3. The van der Waals surface area contributed by atoms with Gasteiger partial charge in [0, 0.05) is 17.8 Å². The van der Waals surface area contributed by atoms with Gasteiger partial charge >= 0.3 is 6.03 Å². The fourth-order valence-corrected chi connectivity index (χ4v) is 3.83. The minimum absolute atomic E-state index is 0.136. The van der Waals surface area contributed by atoms with Crippen LogP contribution in [0.1, 0.15) is 43.8 Å². The molecule has 0 saturated carbocycles. The van der Waals surface area contributed by atoms with Gasteiger partial charge in [-0.25, -0.2) is 4.79 Å². The third kappa shape index (κ3) is 3.91. The Labute approximate surface area is 181 Å². The minimum atomic E-state index is -0.370. The lowest BCUT2D eigenvalue weighted by molar-refractivity contribution is 0.207. The number of benzene rings is 2. The average Bonchev–Trinajstić information content (AvgIpc) is 3.29. The van der Waals surface area contributed by atoms with Gasteiger partial charge in [-0.05, 0) is 55.7 Å². The number of rotatable bonds is 6. The van der Waals surface area contributed by atoms with Crippen molar-refractivity contribution >= 4 is 11.6 Å². The van der Waals surface area contributed by atoms with Gasteiger partial charge in [0.2, 0.25) is 5.82 Å². The third-order valence-corrected chi connectivity index (χ3v) is 5.64. The highest BCUT2D eigenvalue weighted by atomic mass is 16.5. The van der Waals surface area contributed by atoms with Crippen LogP contribution in [0.2, 0.25) is 0 Å². The zero-order chi connectivity index (χ0) is 22.0. The normalized spacial score (nSPS) is 16.5. The van der Waals surface area contributed by atoms with Crippen LogP contribution in [0.15, 0.2) is 58.8 Å². The van der Waals surface area contributed by atoms with Gasteiger partial charge in [0.05, 0.1) is 18.7 Å². The number of aromatic nitrogens is 2. The van der Waals surface area contributed by atoms with Crippen LogP contribution in [0, 0.1) is 0 Å². The molecule has 2 amide bonds. The predicted molar refractivity (Wildman–Crippen MR) is 118 cm³/mol. The van der Waals surface area contributed by atoms with Gasteiger partial charge in [0.25, 0.3) is 5.89 Å². The summed E-state index contributed by atoms with van der Waals surface area (Å²) in [5.74, 6) is 1.64. The Morgan fingerprint density at radius 2 is 1.81 bits per heavy atom. The summed E-state index contributed by atoms with van der Waals surface area (Å²) in [5.41, 5.74) is 4.64. The van der Waals surface area contributed by atoms with E-state index in [1.54, 1.807) is 12.0 Å². The summed E-state index contributed by atoms with van der Waals surface area (Å²) in [4.78, 5) is 19.1. The molecule has 0 fully saturated rings. The number of urea groups is 1. The summed E-state index contributed by atoms with van der Waals surface area (Å²) in [7, 11) is 1.63. The molecule has 160 valence electrons. The molecule has 2 aromatic carbocycles. The zero-order valence-corrected chi connectivity index (χ0v) is 18.2. The first-order valence-corrected chi connectivity index (χ1v) is 10.4. The average molecular weight is 418 g/mol. The number of hydrogen-bond donors (Lipinski definition) is 1. The number of carbonyl (C=O) groups is 1. The number of amides is 2. The highest BCUT2D eigenvalue weighted by Crippen LogP contribution is 2.37. The van der Waals surface area contributed by atoms with Gasteiger partial charge in [0.1, 0.15) is 5.75 Å². The van der Waals surface area contributed by atoms with Crippen molar-refractivity contribution in [2.24, 2.45) is 0 Å². The number of carbonyl (C=O) groups excluding carboxylic acids is 1. The lowest BCUT2D eigenvalue weighted by atomic mass is 9.94. The molecule has 0 radical (unpaired) electrons. The number of methoxy groups -OCH3 is 1. The highest BCUT2D eigenvalue weighted by molar-refractivity contribution is 5.86. The van der Waals surface area contributed by atoms with Gasteiger partial charge in [0.15, 0.2) is 0 Å². The van der Waals surface area contributed by atoms with Crippen molar-refractivity contribution in [2.75, 3.05) is 13.7 Å². The van der Waals surface area contributed by atoms with E-state index >= 15 is 0 Å². The van der Waals surface area contributed by atoms with E-state index in [4.69, 9.17) is 9.26 Å². The van der Waals surface area contributed by atoms with Gasteiger partial charge in [-0.15, -0.1) is 0 Å². The van der Waals surface area contributed by atoms with E-state index in [2.05, 4.69) is 34.5 Å². The summed E-state index contributed by atoms with van der Waals surface area (Å²) in [5, 5.41) is 7.28. The molecule has 1 aliphatic heterocycles. The van der Waals surface area contributed by atoms with Gasteiger partial charge < -0.3 is 14.6 Å². The molecule has 7 heteroatoms. The second-order valence-corrected chi connectivity index (χ2v) is 7.37. The molecule has 1 atom stereocenters. The Morgan fingerprint density at radius 3 is 2.42 bits per heavy atom. The number of aryl methyl sites for hydroxylation is 1. The number of hydrogen-bond acceptors (Lipinski definition) is 5. The SMILES string of the molecule is CCc1ccc(C2NC(=O)N(CC)C(C)=C2c2nc(-c3ccc(OC)cc3)no2)cc1. The molecule has 1 aromatic heterocycles. The summed E-state index contributed by atoms with van der Waals surface area (Å²) < 4.78 is 10.9. The molecule has 31 heavy (non-hydrogen) atoms. The number of nitrogens with zero attached hydrogens (tertiary/aromatic N) is 3. The van der Waals surface area contributed by atoms with E-state index in [1.807, 2.05) is 50.2 Å². The largest absolute Gasteiger partial charge is 0.497 e. The van der Waals surface area contributed by atoms with Crippen molar-refractivity contribution in [1.82, 2.24) is 20.4 Å². The molecule has 0 spiro atoms. The van der Waals surface area contributed by atoms with Crippen LogP contribution in [-0.2, 0) is 6.42 Å². The van der Waals surface area contributed by atoms with Crippen LogP contribution < -0.4 is 10.1 Å². The predicted octanol–water partition coefficient (Wildman–Crippen LogP) is 4.83. The van der Waals surface area contributed by atoms with E-state index in [9.17, 15) is 4.79 Å². The van der Waals surface area contributed by atoms with Crippen molar-refractivity contribution in [3.05, 3.63) is 71.2 Å². The summed E-state index contributed by atoms with van der Waals surface area (Å²) in [6.07, 6.45) is 0.956. The highest BCUT2D eigenvalue weighted by Gasteiger charge is 2.35. The molecule has 1 unspecified atom stereocenters. The van der Waals surface area contributed by atoms with Crippen molar-refractivity contribution in [1.29, 1.82) is 0 Å². The van der Waals surface area contributed by atoms with Crippen LogP contribution >= 0.6 is 0 Å². The Kier molecular flexibility index (Phi) is 5.75. The van der Waals surface area contributed by atoms with Crippen LogP contribution in [0.4, 0.5) is 4.79 Å². The Balaban J connectivity index is 1.76. The Morgan fingerprint density at radius 1 is 1.10 bits per heavy atom. The summed E-state index contributed by atoms with van der Waals surface area (Å²) in [6, 6.07) is 15.2. The number of nitrogens with one attached hydrogen (secondary N) is 1. The number of ether oxygens (including phenoxy) is 1. The molecular weight excluding hydrogens is 392 g/mol. The lowest BCUT2D eigenvalue weighted by Gasteiger charge is -2.34. The quantitative estimate of drug-likeness (QED) is 0.620. The molecule has 2 heterocycles. The molecule has 7 nitrogen and oxygen atoms in total. The first-order chi connectivity index (χ1) is 15.0. The van der Waals surface area contributed by atoms with Crippen LogP contribution in [-0.4, -0.2) is 34.7 Å². The van der Waals surface area contributed by atoms with Crippen molar-refractivity contribution in [2.45, 2.75) is 33.2 Å². The van der Waals surface area contributed by atoms with E-state index in [1.165, 1.54) is 5.56 Å². The fraction of sp³-hybridized carbons (Fsp3) is 0.292. The molecule has 4 rings (SSSR count). The van der Waals surface area contributed by atoms with Crippen molar-refractivity contribution in [3.63, 3.8) is 0 Å². The van der Waals surface area contributed by atoms with Gasteiger partial charge in [-0.3, -0.25) is 4.90 Å². The lowest BCUT2D eigenvalue weighted by Crippen LogP contribution is -2.45. The van der Waals surface area contributed by atoms with E-state index < -0.39 is 0 Å². The van der Waals surface area contributed by atoms with Crippen LogP contribution in [0.3, 0.4) is 0 Å². The van der Waals surface area contributed by atoms with Gasteiger partial charge in [-0.1, -0.05) is 36.3 Å². The number of allylic oxidation sites excluding steroid dienone is 1. The maximum absolute atomic E-state index is 12.7. The molecule has 0 bridgehead atoms. The summed E-state index contributed by atoms with van der Waals surface area (Å²) >= 11 is 0. The van der Waals surface area contributed by atoms with E-state index in [-0.39, 0.29) is 12.1 Å². The van der Waals surface area contributed by atoms with E-state index in [0.29, 0.717) is 18.3 Å². The first kappa shape index (κ1) is 20.7. The van der Waals surface area contributed by atoms with E-state index in [0.717, 1.165) is 34.6 Å². The second-order valence-electron chi connectivity index (χ2n) is 7.37. The molecule has 0 saturated heterocycles. The molecule has 3 aromatic rings. The van der Waals surface area contributed by atoms with Crippen molar-refractivity contribution in [3.8, 4) is 17.1 Å². The minimum Gasteiger partial charge on any atom is -0.497 e. The first-order valence-electron chi connectivity index (χ1n) is 10.4. The van der Waals surface area contributed by atoms with Crippen molar-refractivity contribution < 1.29 is 14.1 Å². The van der Waals surface area contributed by atoms with Gasteiger partial charge in [-0.2, -0.15) is 4.98 Å². The standard InChI is InChI=1S/C24H26N4O3/c1-5-16-7-9-17(10-8-16)21-20(15(3)28(6-2)24(29)25-21)23-26-22(27-31-23)18-11-13-19(30-4)14-12-18/h7-14,21H,5-6H2,1-4H3,(H,25,29). The maximum Gasteiger partial charge on any atom is 0.322 e. The van der Waals surface area contributed by atoms with Crippen LogP contribution in [0.25, 0.3) is 17.0 Å². The summed E-state index contributed by atoms with van der Waals surface area (Å²) in [6.45, 7) is 6.52. The second kappa shape index (κ2) is 8.63. The molecule has 1 aliphatic rings. The molecule has 0 aliphatic carbocycles. The topological polar surface area (TPSA) is 80.5 Å². The van der Waals surface area contributed by atoms with Crippen LogP contribution in [0.5, 0.6) is 5.75 Å². The third-order valence-electron chi connectivity index (χ3n) is 5.64. The Bertz CT molecular complexity index is 1100. The fourth-order valence-electron chi connectivity index (χ4n) is 3.83. The molecule has 1 N–H and O–H groups in total. The monoisotopic (exact) mass is 418 g/mol. The Hall–Kier alpha value is -3.61.